The van der Waals surface area contributed by atoms with Crippen LogP contribution in [0.1, 0.15) is 40.0 Å². The molecule has 1 saturated heterocycles. The van der Waals surface area contributed by atoms with Gasteiger partial charge in [-0.15, -0.1) is 0 Å². The fourth-order valence-corrected chi connectivity index (χ4v) is 3.58. The normalized spacial score (nSPS) is 37.2. The van der Waals surface area contributed by atoms with Crippen molar-refractivity contribution < 1.29 is 13.5 Å². The highest BCUT2D eigenvalue weighted by Gasteiger charge is 2.46. The van der Waals surface area contributed by atoms with E-state index in [1.165, 1.54) is 0 Å². The lowest BCUT2D eigenvalue weighted by Crippen LogP contribution is -2.49. The van der Waals surface area contributed by atoms with Gasteiger partial charge in [0.05, 0.1) is 16.1 Å². The van der Waals surface area contributed by atoms with Crippen molar-refractivity contribution in [3.8, 4) is 0 Å². The Kier molecular flexibility index (Phi) is 2.50. The molecule has 1 heterocycles. The molecule has 1 N–H and O–H groups in total. The number of aliphatic hydroxyl groups is 1. The van der Waals surface area contributed by atoms with Gasteiger partial charge in [0.2, 0.25) is 0 Å². The highest BCUT2D eigenvalue weighted by atomic mass is 32.2. The predicted molar refractivity (Wildman–Crippen MR) is 52.3 cm³/mol. The molecule has 1 unspecified atom stereocenters. The summed E-state index contributed by atoms with van der Waals surface area (Å²) in [4.78, 5) is 0. The molecule has 1 atom stereocenters. The first-order valence-electron chi connectivity index (χ1n) is 4.67. The lowest BCUT2D eigenvalue weighted by Gasteiger charge is -2.40. The average molecular weight is 206 g/mol. The summed E-state index contributed by atoms with van der Waals surface area (Å²) in [6.07, 6.45) is 1.38. The molecule has 0 saturated carbocycles. The Morgan fingerprint density at radius 1 is 1.38 bits per heavy atom. The Hall–Kier alpha value is -0.0900. The van der Waals surface area contributed by atoms with Crippen LogP contribution in [-0.4, -0.2) is 29.6 Å². The van der Waals surface area contributed by atoms with Crippen LogP contribution >= 0.6 is 0 Å². The maximum Gasteiger partial charge on any atom is 0.155 e. The first-order valence-corrected chi connectivity index (χ1v) is 6.32. The van der Waals surface area contributed by atoms with Gasteiger partial charge in [-0.3, -0.25) is 0 Å². The molecule has 0 aromatic rings. The van der Waals surface area contributed by atoms with Crippen LogP contribution in [0, 0.1) is 0 Å². The molecule has 0 aliphatic carbocycles. The Bertz CT molecular complexity index is 292. The first kappa shape index (κ1) is 11.0. The SMILES string of the molecule is CCC1(O)CCS(=O)(=O)C(C)(C)C1. The van der Waals surface area contributed by atoms with Crippen molar-refractivity contribution in [2.75, 3.05) is 5.75 Å². The molecule has 0 radical (unpaired) electrons. The maximum absolute atomic E-state index is 11.6. The summed E-state index contributed by atoms with van der Waals surface area (Å²) in [6.45, 7) is 5.29. The molecular weight excluding hydrogens is 188 g/mol. The van der Waals surface area contributed by atoms with Gasteiger partial charge in [-0.05, 0) is 33.1 Å². The van der Waals surface area contributed by atoms with Gasteiger partial charge >= 0.3 is 0 Å². The molecule has 1 aliphatic rings. The van der Waals surface area contributed by atoms with E-state index in [1.807, 2.05) is 6.92 Å². The van der Waals surface area contributed by atoms with E-state index in [9.17, 15) is 13.5 Å². The summed E-state index contributed by atoms with van der Waals surface area (Å²) in [7, 11) is -3.00. The number of hydrogen-bond acceptors (Lipinski definition) is 3. The average Bonchev–Trinajstić information content (AvgIpc) is 1.98. The second kappa shape index (κ2) is 2.95. The third kappa shape index (κ3) is 1.89. The van der Waals surface area contributed by atoms with Crippen molar-refractivity contribution in [1.82, 2.24) is 0 Å². The molecule has 1 aliphatic heterocycles. The number of sulfone groups is 1. The smallest absolute Gasteiger partial charge is 0.155 e. The van der Waals surface area contributed by atoms with Crippen molar-refractivity contribution in [3.05, 3.63) is 0 Å². The molecule has 0 spiro atoms. The van der Waals surface area contributed by atoms with Crippen LogP contribution in [-0.2, 0) is 9.84 Å². The summed E-state index contributed by atoms with van der Waals surface area (Å²) >= 11 is 0. The van der Waals surface area contributed by atoms with Crippen LogP contribution < -0.4 is 0 Å². The van der Waals surface area contributed by atoms with Gasteiger partial charge < -0.3 is 5.11 Å². The largest absolute Gasteiger partial charge is 0.390 e. The van der Waals surface area contributed by atoms with Crippen molar-refractivity contribution in [1.29, 1.82) is 0 Å². The third-order valence-corrected chi connectivity index (χ3v) is 5.66. The molecule has 3 nitrogen and oxygen atoms in total. The first-order chi connectivity index (χ1) is 5.72. The standard InChI is InChI=1S/C9H18O3S/c1-4-9(10)5-6-13(11,12)8(2,3)7-9/h10H,4-7H2,1-3H3. The molecule has 4 heteroatoms. The van der Waals surface area contributed by atoms with Gasteiger partial charge in [0.15, 0.2) is 9.84 Å². The second-order valence-electron chi connectivity index (χ2n) is 4.58. The minimum Gasteiger partial charge on any atom is -0.390 e. The predicted octanol–water partition coefficient (Wildman–Crippen LogP) is 1.11. The van der Waals surface area contributed by atoms with E-state index in [2.05, 4.69) is 0 Å². The van der Waals surface area contributed by atoms with Gasteiger partial charge in [0.1, 0.15) is 0 Å². The van der Waals surface area contributed by atoms with Crippen LogP contribution in [0.2, 0.25) is 0 Å². The molecule has 1 fully saturated rings. The van der Waals surface area contributed by atoms with Gasteiger partial charge in [-0.25, -0.2) is 8.42 Å². The Morgan fingerprint density at radius 2 is 1.92 bits per heavy atom. The van der Waals surface area contributed by atoms with Gasteiger partial charge in [-0.1, -0.05) is 6.92 Å². The van der Waals surface area contributed by atoms with E-state index < -0.39 is 20.2 Å². The summed E-state index contributed by atoms with van der Waals surface area (Å²) in [5.41, 5.74) is -0.769. The maximum atomic E-state index is 11.6. The zero-order chi connectivity index (χ0) is 10.3. The van der Waals surface area contributed by atoms with Crippen molar-refractivity contribution in [2.45, 2.75) is 50.4 Å². The minimum absolute atomic E-state index is 0.115. The van der Waals surface area contributed by atoms with E-state index in [4.69, 9.17) is 0 Å². The highest BCUT2D eigenvalue weighted by Crippen LogP contribution is 2.37. The summed E-state index contributed by atoms with van der Waals surface area (Å²) in [6, 6.07) is 0. The third-order valence-electron chi connectivity index (χ3n) is 3.09. The van der Waals surface area contributed by atoms with E-state index >= 15 is 0 Å². The number of hydrogen-bond donors (Lipinski definition) is 1. The molecule has 0 bridgehead atoms. The van der Waals surface area contributed by atoms with Gasteiger partial charge in [-0.2, -0.15) is 0 Å². The van der Waals surface area contributed by atoms with Crippen LogP contribution in [0.25, 0.3) is 0 Å². The van der Waals surface area contributed by atoms with Gasteiger partial charge in [0, 0.05) is 0 Å². The molecule has 0 aromatic carbocycles. The Labute approximate surface area is 80.1 Å². The minimum atomic E-state index is -3.00. The monoisotopic (exact) mass is 206 g/mol. The van der Waals surface area contributed by atoms with Crippen LogP contribution in [0.5, 0.6) is 0 Å². The van der Waals surface area contributed by atoms with Crippen LogP contribution in [0.4, 0.5) is 0 Å². The van der Waals surface area contributed by atoms with E-state index in [-0.39, 0.29) is 5.75 Å². The lowest BCUT2D eigenvalue weighted by atomic mass is 9.87. The van der Waals surface area contributed by atoms with Crippen LogP contribution in [0.15, 0.2) is 0 Å². The van der Waals surface area contributed by atoms with Gasteiger partial charge in [0.25, 0.3) is 0 Å². The zero-order valence-electron chi connectivity index (χ0n) is 8.50. The van der Waals surface area contributed by atoms with Crippen molar-refractivity contribution in [2.24, 2.45) is 0 Å². The van der Waals surface area contributed by atoms with E-state index in [0.717, 1.165) is 0 Å². The molecule has 78 valence electrons. The molecule has 0 aromatic heterocycles. The van der Waals surface area contributed by atoms with Crippen molar-refractivity contribution in [3.63, 3.8) is 0 Å². The van der Waals surface area contributed by atoms with Crippen LogP contribution in [0.3, 0.4) is 0 Å². The van der Waals surface area contributed by atoms with Crippen molar-refractivity contribution >= 4 is 9.84 Å². The molecule has 13 heavy (non-hydrogen) atoms. The van der Waals surface area contributed by atoms with E-state index in [1.54, 1.807) is 13.8 Å². The fourth-order valence-electron chi connectivity index (χ4n) is 1.89. The molecule has 1 rings (SSSR count). The second-order valence-corrected chi connectivity index (χ2v) is 7.33. The lowest BCUT2D eigenvalue weighted by molar-refractivity contribution is 0.0110. The molecular formula is C9H18O3S. The molecule has 0 amide bonds. The fraction of sp³-hybridized carbons (Fsp3) is 1.00. The summed E-state index contributed by atoms with van der Waals surface area (Å²) in [5.74, 6) is 0.115. The summed E-state index contributed by atoms with van der Waals surface area (Å²) in [5, 5.41) is 9.98. The quantitative estimate of drug-likeness (QED) is 0.699. The van der Waals surface area contributed by atoms with E-state index in [0.29, 0.717) is 19.3 Å². The number of rotatable bonds is 1. The Balaban J connectivity index is 2.95. The Morgan fingerprint density at radius 3 is 2.31 bits per heavy atom. The highest BCUT2D eigenvalue weighted by molar-refractivity contribution is 7.92. The zero-order valence-corrected chi connectivity index (χ0v) is 9.32. The summed E-state index contributed by atoms with van der Waals surface area (Å²) < 4.78 is 22.4. The topological polar surface area (TPSA) is 54.4 Å².